The lowest BCUT2D eigenvalue weighted by atomic mass is 9.97. The molecule has 1 heterocycles. The SMILES string of the molecule is O=C(NCCC1=CCCCC1)c1ccnc(NCCCc2ccccc2)c1. The quantitative estimate of drug-likeness (QED) is 0.499. The summed E-state index contributed by atoms with van der Waals surface area (Å²) in [4.78, 5) is 16.7. The zero-order valence-corrected chi connectivity index (χ0v) is 15.9. The summed E-state index contributed by atoms with van der Waals surface area (Å²) in [5.74, 6) is 0.729. The van der Waals surface area contributed by atoms with Crippen molar-refractivity contribution in [2.24, 2.45) is 0 Å². The van der Waals surface area contributed by atoms with Gasteiger partial charge in [-0.25, -0.2) is 4.98 Å². The van der Waals surface area contributed by atoms with E-state index in [0.29, 0.717) is 12.1 Å². The molecular formula is C23H29N3O. The zero-order chi connectivity index (χ0) is 18.7. The normalized spacial score (nSPS) is 13.7. The van der Waals surface area contributed by atoms with Crippen LogP contribution in [0.4, 0.5) is 5.82 Å². The van der Waals surface area contributed by atoms with Crippen LogP contribution >= 0.6 is 0 Å². The number of hydrogen-bond donors (Lipinski definition) is 2. The van der Waals surface area contributed by atoms with Crippen molar-refractivity contribution in [3.05, 3.63) is 71.4 Å². The molecule has 0 atom stereocenters. The van der Waals surface area contributed by atoms with E-state index < -0.39 is 0 Å². The van der Waals surface area contributed by atoms with Gasteiger partial charge in [-0.2, -0.15) is 0 Å². The summed E-state index contributed by atoms with van der Waals surface area (Å²) in [7, 11) is 0. The minimum Gasteiger partial charge on any atom is -0.370 e. The molecule has 1 aliphatic carbocycles. The number of carbonyl (C=O) groups excluding carboxylic acids is 1. The van der Waals surface area contributed by atoms with E-state index in [-0.39, 0.29) is 5.91 Å². The van der Waals surface area contributed by atoms with Crippen LogP contribution < -0.4 is 10.6 Å². The maximum Gasteiger partial charge on any atom is 0.251 e. The summed E-state index contributed by atoms with van der Waals surface area (Å²) in [6.07, 6.45) is 12.0. The number of benzene rings is 1. The first-order valence-corrected chi connectivity index (χ1v) is 10.0. The topological polar surface area (TPSA) is 54.0 Å². The monoisotopic (exact) mass is 363 g/mol. The summed E-state index contributed by atoms with van der Waals surface area (Å²) >= 11 is 0. The molecule has 1 aliphatic rings. The first kappa shape index (κ1) is 19.2. The van der Waals surface area contributed by atoms with Crippen molar-refractivity contribution in [2.75, 3.05) is 18.4 Å². The third kappa shape index (κ3) is 6.55. The first-order valence-electron chi connectivity index (χ1n) is 10.0. The Kier molecular flexibility index (Phi) is 7.45. The van der Waals surface area contributed by atoms with Gasteiger partial charge >= 0.3 is 0 Å². The summed E-state index contributed by atoms with van der Waals surface area (Å²) in [5.41, 5.74) is 3.48. The molecule has 4 nitrogen and oxygen atoms in total. The number of aromatic nitrogens is 1. The highest BCUT2D eigenvalue weighted by molar-refractivity contribution is 5.94. The lowest BCUT2D eigenvalue weighted by Crippen LogP contribution is -2.25. The molecule has 1 amide bonds. The Morgan fingerprint density at radius 2 is 1.93 bits per heavy atom. The van der Waals surface area contributed by atoms with Crippen molar-refractivity contribution in [3.8, 4) is 0 Å². The maximum absolute atomic E-state index is 12.4. The molecule has 0 radical (unpaired) electrons. The Balaban J connectivity index is 1.40. The number of allylic oxidation sites excluding steroid dienone is 1. The minimum absolute atomic E-state index is 0.0267. The third-order valence-electron chi connectivity index (χ3n) is 4.93. The molecule has 3 rings (SSSR count). The molecule has 1 aromatic heterocycles. The average molecular weight is 364 g/mol. The van der Waals surface area contributed by atoms with Crippen LogP contribution in [-0.2, 0) is 6.42 Å². The van der Waals surface area contributed by atoms with Crippen LogP contribution in [-0.4, -0.2) is 24.0 Å². The van der Waals surface area contributed by atoms with Crippen LogP contribution in [0.25, 0.3) is 0 Å². The number of anilines is 1. The van der Waals surface area contributed by atoms with E-state index in [1.807, 2.05) is 12.1 Å². The van der Waals surface area contributed by atoms with Crippen LogP contribution in [0, 0.1) is 0 Å². The third-order valence-corrected chi connectivity index (χ3v) is 4.93. The predicted octanol–water partition coefficient (Wildman–Crippen LogP) is 4.75. The first-order chi connectivity index (χ1) is 13.3. The standard InChI is InChI=1S/C23H29N3O/c27-23(26-16-13-20-10-5-2-6-11-20)21-14-17-25-22(18-21)24-15-7-12-19-8-3-1-4-9-19/h1,3-4,8-10,14,17-18H,2,5-7,11-13,15-16H2,(H,24,25)(H,26,27). The van der Waals surface area contributed by atoms with Gasteiger partial charge in [-0.15, -0.1) is 0 Å². The summed E-state index contributed by atoms with van der Waals surface area (Å²) in [6, 6.07) is 14.1. The van der Waals surface area contributed by atoms with Crippen molar-refractivity contribution < 1.29 is 4.79 Å². The summed E-state index contributed by atoms with van der Waals surface area (Å²) in [6.45, 7) is 1.54. The van der Waals surface area contributed by atoms with Crippen LogP contribution in [0.15, 0.2) is 60.3 Å². The molecule has 0 saturated heterocycles. The molecule has 142 valence electrons. The second kappa shape index (κ2) is 10.5. The van der Waals surface area contributed by atoms with Crippen LogP contribution in [0.5, 0.6) is 0 Å². The second-order valence-corrected chi connectivity index (χ2v) is 7.06. The highest BCUT2D eigenvalue weighted by Gasteiger charge is 2.08. The van der Waals surface area contributed by atoms with Gasteiger partial charge in [-0.3, -0.25) is 4.79 Å². The van der Waals surface area contributed by atoms with E-state index >= 15 is 0 Å². The fourth-order valence-electron chi connectivity index (χ4n) is 3.39. The highest BCUT2D eigenvalue weighted by atomic mass is 16.1. The number of rotatable bonds is 9. The van der Waals surface area contributed by atoms with E-state index in [1.165, 1.54) is 36.8 Å². The predicted molar refractivity (Wildman–Crippen MR) is 111 cm³/mol. The Morgan fingerprint density at radius 1 is 1.04 bits per heavy atom. The number of nitrogens with one attached hydrogen (secondary N) is 2. The molecule has 0 aliphatic heterocycles. The Labute approximate surface area is 162 Å². The molecule has 27 heavy (non-hydrogen) atoms. The van der Waals surface area contributed by atoms with Gasteiger partial charge in [-0.1, -0.05) is 42.0 Å². The molecule has 0 bridgehead atoms. The molecule has 1 aromatic carbocycles. The lowest BCUT2D eigenvalue weighted by molar-refractivity contribution is 0.0954. The summed E-state index contributed by atoms with van der Waals surface area (Å²) in [5, 5.41) is 6.34. The maximum atomic E-state index is 12.4. The number of nitrogens with zero attached hydrogens (tertiary/aromatic N) is 1. The van der Waals surface area contributed by atoms with Crippen molar-refractivity contribution in [1.29, 1.82) is 0 Å². The van der Waals surface area contributed by atoms with Crippen molar-refractivity contribution in [3.63, 3.8) is 0 Å². The van der Waals surface area contributed by atoms with Crippen molar-refractivity contribution in [2.45, 2.75) is 44.9 Å². The van der Waals surface area contributed by atoms with Gasteiger partial charge in [0.15, 0.2) is 0 Å². The Bertz CT molecular complexity index is 755. The molecule has 0 saturated carbocycles. The number of amides is 1. The van der Waals surface area contributed by atoms with Crippen molar-refractivity contribution in [1.82, 2.24) is 10.3 Å². The summed E-state index contributed by atoms with van der Waals surface area (Å²) < 4.78 is 0. The Morgan fingerprint density at radius 3 is 2.74 bits per heavy atom. The molecule has 2 aromatic rings. The van der Waals surface area contributed by atoms with E-state index in [4.69, 9.17) is 0 Å². The largest absolute Gasteiger partial charge is 0.370 e. The second-order valence-electron chi connectivity index (χ2n) is 7.06. The number of hydrogen-bond acceptors (Lipinski definition) is 3. The average Bonchev–Trinajstić information content (AvgIpc) is 2.73. The van der Waals surface area contributed by atoms with Gasteiger partial charge < -0.3 is 10.6 Å². The van der Waals surface area contributed by atoms with E-state index in [9.17, 15) is 4.79 Å². The molecular weight excluding hydrogens is 334 g/mol. The number of aryl methyl sites for hydroxylation is 1. The van der Waals surface area contributed by atoms with Crippen LogP contribution in [0.2, 0.25) is 0 Å². The van der Waals surface area contributed by atoms with Gasteiger partial charge in [0.2, 0.25) is 0 Å². The zero-order valence-electron chi connectivity index (χ0n) is 15.9. The molecule has 0 spiro atoms. The Hall–Kier alpha value is -2.62. The minimum atomic E-state index is -0.0267. The van der Waals surface area contributed by atoms with E-state index in [2.05, 4.69) is 46.0 Å². The number of carbonyl (C=O) groups is 1. The fraction of sp³-hybridized carbons (Fsp3) is 0.391. The van der Waals surface area contributed by atoms with Crippen LogP contribution in [0.3, 0.4) is 0 Å². The van der Waals surface area contributed by atoms with Gasteiger partial charge in [0.1, 0.15) is 5.82 Å². The van der Waals surface area contributed by atoms with Gasteiger partial charge in [-0.05, 0) is 62.6 Å². The molecule has 4 heteroatoms. The fourth-order valence-corrected chi connectivity index (χ4v) is 3.39. The molecule has 0 fully saturated rings. The molecule has 0 unspecified atom stereocenters. The van der Waals surface area contributed by atoms with Crippen LogP contribution in [0.1, 0.15) is 54.4 Å². The highest BCUT2D eigenvalue weighted by Crippen LogP contribution is 2.19. The van der Waals surface area contributed by atoms with Gasteiger partial charge in [0.05, 0.1) is 0 Å². The smallest absolute Gasteiger partial charge is 0.251 e. The van der Waals surface area contributed by atoms with E-state index in [0.717, 1.165) is 31.6 Å². The van der Waals surface area contributed by atoms with Gasteiger partial charge in [0.25, 0.3) is 5.91 Å². The number of pyridine rings is 1. The van der Waals surface area contributed by atoms with Gasteiger partial charge in [0, 0.05) is 24.8 Å². The lowest BCUT2D eigenvalue weighted by Gasteiger charge is -2.13. The van der Waals surface area contributed by atoms with Crippen molar-refractivity contribution >= 4 is 11.7 Å². The molecule has 2 N–H and O–H groups in total. The van der Waals surface area contributed by atoms with E-state index in [1.54, 1.807) is 12.3 Å².